The van der Waals surface area contributed by atoms with E-state index < -0.39 is 12.2 Å². The van der Waals surface area contributed by atoms with Crippen molar-refractivity contribution >= 4 is 0 Å². The molecule has 0 aliphatic carbocycles. The van der Waals surface area contributed by atoms with Crippen molar-refractivity contribution in [3.63, 3.8) is 0 Å². The number of rotatable bonds is 5. The van der Waals surface area contributed by atoms with Crippen LogP contribution in [0.1, 0.15) is 18.7 Å². The fourth-order valence-electron chi connectivity index (χ4n) is 2.80. The topological polar surface area (TPSA) is 68.6 Å². The first kappa shape index (κ1) is 15.3. The van der Waals surface area contributed by atoms with Gasteiger partial charge in [0.15, 0.2) is 0 Å². The lowest BCUT2D eigenvalue weighted by molar-refractivity contribution is 0.0572. The van der Waals surface area contributed by atoms with E-state index >= 15 is 0 Å². The Bertz CT molecular complexity index is 419. The van der Waals surface area contributed by atoms with Crippen molar-refractivity contribution in [2.24, 2.45) is 5.92 Å². The normalized spacial score (nSPS) is 26.6. The van der Waals surface area contributed by atoms with Gasteiger partial charge in [-0.2, -0.15) is 0 Å². The first-order chi connectivity index (χ1) is 9.51. The van der Waals surface area contributed by atoms with E-state index in [1.807, 2.05) is 11.9 Å². The molecule has 1 aliphatic heterocycles. The summed E-state index contributed by atoms with van der Waals surface area (Å²) in [6.07, 6.45) is -0.117. The van der Waals surface area contributed by atoms with Gasteiger partial charge in [-0.25, -0.2) is 4.39 Å². The predicted octanol–water partition coefficient (Wildman–Crippen LogP) is 0.155. The van der Waals surface area contributed by atoms with Gasteiger partial charge in [0, 0.05) is 19.6 Å². The molecule has 20 heavy (non-hydrogen) atoms. The van der Waals surface area contributed by atoms with E-state index in [9.17, 15) is 14.6 Å². The molecule has 4 unspecified atom stereocenters. The van der Waals surface area contributed by atoms with Gasteiger partial charge in [0.05, 0.1) is 30.1 Å². The molecule has 112 valence electrons. The third-order valence-electron chi connectivity index (χ3n) is 3.83. The molecule has 0 spiro atoms. The Balaban J connectivity index is 1.99. The van der Waals surface area contributed by atoms with Crippen LogP contribution in [0.15, 0.2) is 18.3 Å². The van der Waals surface area contributed by atoms with Crippen LogP contribution in [0.5, 0.6) is 0 Å². The minimum atomic E-state index is -0.667. The fraction of sp³-hybridized carbons (Fsp3) is 0.643. The van der Waals surface area contributed by atoms with Crippen LogP contribution in [0.3, 0.4) is 0 Å². The van der Waals surface area contributed by atoms with E-state index in [4.69, 9.17) is 0 Å². The maximum atomic E-state index is 12.9. The molecule has 4 atom stereocenters. The number of β-amino-alcohol motifs (C(OH)–C–C–N with tert-alkyl or cyclic N) is 2. The Kier molecular flexibility index (Phi) is 5.04. The molecule has 0 radical (unpaired) electrons. The molecule has 6 heteroatoms. The van der Waals surface area contributed by atoms with E-state index in [1.165, 1.54) is 12.3 Å². The molecule has 1 aromatic rings. The molecular weight excluding hydrogens is 261 g/mol. The SMILES string of the molecule is CNC(c1ccc(F)cn1)C(C)CN1CC(O)C(O)C1. The molecule has 2 rings (SSSR count). The highest BCUT2D eigenvalue weighted by Gasteiger charge is 2.31. The maximum absolute atomic E-state index is 12.9. The minimum absolute atomic E-state index is 0.00508. The highest BCUT2D eigenvalue weighted by atomic mass is 19.1. The molecule has 1 aliphatic rings. The van der Waals surface area contributed by atoms with Crippen LogP contribution in [0.2, 0.25) is 0 Å². The van der Waals surface area contributed by atoms with Gasteiger partial charge in [0.1, 0.15) is 5.82 Å². The largest absolute Gasteiger partial charge is 0.389 e. The third-order valence-corrected chi connectivity index (χ3v) is 3.83. The summed E-state index contributed by atoms with van der Waals surface area (Å²) in [6, 6.07) is 3.09. The van der Waals surface area contributed by atoms with Gasteiger partial charge in [0.2, 0.25) is 0 Å². The second kappa shape index (κ2) is 6.58. The summed E-state index contributed by atoms with van der Waals surface area (Å²) < 4.78 is 12.9. The lowest BCUT2D eigenvalue weighted by Crippen LogP contribution is -2.34. The number of nitrogens with one attached hydrogen (secondary N) is 1. The second-order valence-corrected chi connectivity index (χ2v) is 5.50. The average Bonchev–Trinajstić information content (AvgIpc) is 2.71. The number of nitrogens with zero attached hydrogens (tertiary/aromatic N) is 2. The smallest absolute Gasteiger partial charge is 0.141 e. The highest BCUT2D eigenvalue weighted by molar-refractivity contribution is 5.11. The summed E-state index contributed by atoms with van der Waals surface area (Å²) in [6.45, 7) is 3.78. The van der Waals surface area contributed by atoms with Crippen LogP contribution in [0, 0.1) is 11.7 Å². The summed E-state index contributed by atoms with van der Waals surface area (Å²) >= 11 is 0. The molecule has 3 N–H and O–H groups in total. The van der Waals surface area contributed by atoms with Crippen LogP contribution in [0.25, 0.3) is 0 Å². The molecule has 1 fully saturated rings. The molecule has 1 aromatic heterocycles. The Hall–Kier alpha value is -1.08. The summed E-state index contributed by atoms with van der Waals surface area (Å²) in [5.74, 6) is -0.127. The van der Waals surface area contributed by atoms with Crippen molar-refractivity contribution < 1.29 is 14.6 Å². The fourth-order valence-corrected chi connectivity index (χ4v) is 2.80. The number of hydrogen-bond donors (Lipinski definition) is 3. The molecule has 0 aromatic carbocycles. The van der Waals surface area contributed by atoms with Gasteiger partial charge in [-0.05, 0) is 25.1 Å². The Morgan fingerprint density at radius 2 is 2.05 bits per heavy atom. The molecule has 0 amide bonds. The summed E-state index contributed by atoms with van der Waals surface area (Å²) in [4.78, 5) is 6.16. The number of pyridine rings is 1. The summed E-state index contributed by atoms with van der Waals surface area (Å²) in [5, 5.41) is 22.3. The zero-order valence-corrected chi connectivity index (χ0v) is 11.8. The average molecular weight is 283 g/mol. The Labute approximate surface area is 118 Å². The Morgan fingerprint density at radius 3 is 2.55 bits per heavy atom. The van der Waals surface area contributed by atoms with Crippen LogP contribution >= 0.6 is 0 Å². The molecule has 5 nitrogen and oxygen atoms in total. The minimum Gasteiger partial charge on any atom is -0.389 e. The number of aliphatic hydroxyl groups is 2. The number of aromatic nitrogens is 1. The van der Waals surface area contributed by atoms with Gasteiger partial charge in [-0.1, -0.05) is 6.92 Å². The zero-order chi connectivity index (χ0) is 14.7. The molecule has 0 saturated carbocycles. The van der Waals surface area contributed by atoms with E-state index in [0.29, 0.717) is 13.1 Å². The van der Waals surface area contributed by atoms with E-state index in [1.54, 1.807) is 6.07 Å². The molecule has 2 heterocycles. The number of hydrogen-bond acceptors (Lipinski definition) is 5. The van der Waals surface area contributed by atoms with Gasteiger partial charge in [-0.3, -0.25) is 9.88 Å². The number of aliphatic hydroxyl groups excluding tert-OH is 2. The highest BCUT2D eigenvalue weighted by Crippen LogP contribution is 2.22. The number of likely N-dealkylation sites (tertiary alicyclic amines) is 1. The van der Waals surface area contributed by atoms with Crippen molar-refractivity contribution in [3.05, 3.63) is 29.8 Å². The van der Waals surface area contributed by atoms with Crippen molar-refractivity contribution in [1.29, 1.82) is 0 Å². The molecular formula is C14H22FN3O2. The van der Waals surface area contributed by atoms with Crippen LogP contribution in [0.4, 0.5) is 4.39 Å². The lowest BCUT2D eigenvalue weighted by atomic mass is 9.98. The third kappa shape index (κ3) is 3.52. The summed E-state index contributed by atoms with van der Waals surface area (Å²) in [5.41, 5.74) is 0.793. The van der Waals surface area contributed by atoms with Gasteiger partial charge >= 0.3 is 0 Å². The molecule has 1 saturated heterocycles. The van der Waals surface area contributed by atoms with Crippen LogP contribution < -0.4 is 5.32 Å². The van der Waals surface area contributed by atoms with E-state index in [0.717, 1.165) is 12.2 Å². The predicted molar refractivity (Wildman–Crippen MR) is 73.6 cm³/mol. The first-order valence-corrected chi connectivity index (χ1v) is 6.88. The summed E-state index contributed by atoms with van der Waals surface area (Å²) in [7, 11) is 1.85. The van der Waals surface area contributed by atoms with Gasteiger partial charge in [0.25, 0.3) is 0 Å². The van der Waals surface area contributed by atoms with Gasteiger partial charge in [-0.15, -0.1) is 0 Å². The van der Waals surface area contributed by atoms with Crippen molar-refractivity contribution in [2.75, 3.05) is 26.7 Å². The van der Waals surface area contributed by atoms with E-state index in [2.05, 4.69) is 17.2 Å². The standard InChI is InChI=1S/C14H22FN3O2/c1-9(6-18-7-12(19)13(20)8-18)14(16-2)11-4-3-10(15)5-17-11/h3-5,9,12-14,16,19-20H,6-8H2,1-2H3. The van der Waals surface area contributed by atoms with E-state index in [-0.39, 0.29) is 17.8 Å². The maximum Gasteiger partial charge on any atom is 0.141 e. The lowest BCUT2D eigenvalue weighted by Gasteiger charge is -2.27. The quantitative estimate of drug-likeness (QED) is 0.718. The zero-order valence-electron chi connectivity index (χ0n) is 11.8. The number of halogens is 1. The van der Waals surface area contributed by atoms with Crippen molar-refractivity contribution in [2.45, 2.75) is 25.2 Å². The first-order valence-electron chi connectivity index (χ1n) is 6.88. The second-order valence-electron chi connectivity index (χ2n) is 5.50. The van der Waals surface area contributed by atoms with Crippen LogP contribution in [-0.2, 0) is 0 Å². The monoisotopic (exact) mass is 283 g/mol. The Morgan fingerprint density at radius 1 is 1.40 bits per heavy atom. The van der Waals surface area contributed by atoms with Crippen molar-refractivity contribution in [3.8, 4) is 0 Å². The van der Waals surface area contributed by atoms with Gasteiger partial charge < -0.3 is 15.5 Å². The van der Waals surface area contributed by atoms with Crippen molar-refractivity contribution in [1.82, 2.24) is 15.2 Å². The molecule has 0 bridgehead atoms. The van der Waals surface area contributed by atoms with Crippen LogP contribution in [-0.4, -0.2) is 59.0 Å².